The first-order valence-electron chi connectivity index (χ1n) is 5.48. The molecular weight excluding hydrogens is 239 g/mol. The monoisotopic (exact) mass is 252 g/mol. The molecule has 0 radical (unpaired) electrons. The van der Waals surface area contributed by atoms with Gasteiger partial charge in [-0.1, -0.05) is 12.1 Å². The van der Waals surface area contributed by atoms with E-state index in [-0.39, 0.29) is 24.7 Å². The van der Waals surface area contributed by atoms with Gasteiger partial charge in [0.25, 0.3) is 0 Å². The molecule has 1 aromatic rings. The number of hydrogen-bond donors (Lipinski definition) is 1. The number of piperazine rings is 1. The highest BCUT2D eigenvalue weighted by atomic mass is 19.1. The third-order valence-corrected chi connectivity index (χ3v) is 3.06. The van der Waals surface area contributed by atoms with Crippen molar-refractivity contribution in [1.82, 2.24) is 4.90 Å². The zero-order valence-electron chi connectivity index (χ0n) is 9.84. The van der Waals surface area contributed by atoms with Crippen LogP contribution in [0.15, 0.2) is 24.3 Å². The first-order valence-corrected chi connectivity index (χ1v) is 5.48. The molecule has 1 aromatic carbocycles. The molecule has 6 heteroatoms. The molecule has 1 aliphatic rings. The Kier molecular flexibility index (Phi) is 3.18. The lowest BCUT2D eigenvalue weighted by Gasteiger charge is -2.38. The van der Waals surface area contributed by atoms with Gasteiger partial charge in [0.2, 0.25) is 5.91 Å². The lowest BCUT2D eigenvalue weighted by Crippen LogP contribution is -2.58. The molecule has 1 amide bonds. The molecule has 0 aliphatic carbocycles. The lowest BCUT2D eigenvalue weighted by atomic mass is 10.1. The van der Waals surface area contributed by atoms with Crippen LogP contribution in [0.4, 0.5) is 10.1 Å². The van der Waals surface area contributed by atoms with Crippen molar-refractivity contribution < 1.29 is 19.1 Å². The number of amides is 1. The average Bonchev–Trinajstić information content (AvgIpc) is 2.33. The maximum atomic E-state index is 13.6. The van der Waals surface area contributed by atoms with Gasteiger partial charge in [-0.3, -0.25) is 4.79 Å². The minimum atomic E-state index is -1.09. The third kappa shape index (κ3) is 2.13. The molecule has 1 atom stereocenters. The van der Waals surface area contributed by atoms with Crippen LogP contribution in [0.2, 0.25) is 0 Å². The molecule has 5 nitrogen and oxygen atoms in total. The van der Waals surface area contributed by atoms with Crippen LogP contribution < -0.4 is 4.90 Å². The molecule has 0 bridgehead atoms. The molecule has 18 heavy (non-hydrogen) atoms. The molecule has 96 valence electrons. The normalized spacial score (nSPS) is 20.1. The maximum absolute atomic E-state index is 13.6. The molecule has 1 unspecified atom stereocenters. The van der Waals surface area contributed by atoms with Gasteiger partial charge in [-0.15, -0.1) is 0 Å². The van der Waals surface area contributed by atoms with Crippen LogP contribution in [0, 0.1) is 5.82 Å². The van der Waals surface area contributed by atoms with Crippen LogP contribution >= 0.6 is 0 Å². The molecule has 0 aromatic heterocycles. The fourth-order valence-electron chi connectivity index (χ4n) is 1.98. The summed E-state index contributed by atoms with van der Waals surface area (Å²) >= 11 is 0. The number of carbonyl (C=O) groups excluding carboxylic acids is 1. The highest BCUT2D eigenvalue weighted by Gasteiger charge is 2.35. The number of rotatable bonds is 2. The average molecular weight is 252 g/mol. The quantitative estimate of drug-likeness (QED) is 0.835. The minimum absolute atomic E-state index is 0.0127. The Balaban J connectivity index is 2.28. The van der Waals surface area contributed by atoms with E-state index in [0.717, 1.165) is 0 Å². The Bertz CT molecular complexity index is 492. The summed E-state index contributed by atoms with van der Waals surface area (Å²) in [6.45, 7) is 0.0692. The van der Waals surface area contributed by atoms with Gasteiger partial charge in [0.1, 0.15) is 11.9 Å². The number of para-hydroxylation sites is 1. The van der Waals surface area contributed by atoms with Crippen molar-refractivity contribution in [3.05, 3.63) is 30.1 Å². The molecule has 1 saturated heterocycles. The van der Waals surface area contributed by atoms with Gasteiger partial charge in [-0.05, 0) is 12.1 Å². The van der Waals surface area contributed by atoms with Crippen molar-refractivity contribution in [2.45, 2.75) is 6.04 Å². The van der Waals surface area contributed by atoms with Crippen LogP contribution in [0.5, 0.6) is 0 Å². The van der Waals surface area contributed by atoms with Crippen molar-refractivity contribution in [2.75, 3.05) is 25.0 Å². The number of nitrogens with zero attached hydrogens (tertiary/aromatic N) is 2. The van der Waals surface area contributed by atoms with Gasteiger partial charge in [0, 0.05) is 13.6 Å². The number of carbonyl (C=O) groups is 2. The maximum Gasteiger partial charge on any atom is 0.328 e. The van der Waals surface area contributed by atoms with E-state index < -0.39 is 17.8 Å². The Morgan fingerprint density at radius 1 is 1.44 bits per heavy atom. The summed E-state index contributed by atoms with van der Waals surface area (Å²) in [5, 5.41) is 9.05. The molecule has 1 heterocycles. The zero-order chi connectivity index (χ0) is 13.3. The Morgan fingerprint density at radius 3 is 2.72 bits per heavy atom. The molecule has 1 fully saturated rings. The lowest BCUT2D eigenvalue weighted by molar-refractivity contribution is -0.149. The van der Waals surface area contributed by atoms with Gasteiger partial charge in [0.15, 0.2) is 0 Å². The smallest absolute Gasteiger partial charge is 0.328 e. The summed E-state index contributed by atoms with van der Waals surface area (Å²) in [6, 6.07) is 5.06. The molecular formula is C12H13FN2O3. The predicted molar refractivity (Wildman–Crippen MR) is 62.8 cm³/mol. The number of carboxylic acids is 1. The Morgan fingerprint density at radius 2 is 2.11 bits per heavy atom. The van der Waals surface area contributed by atoms with Crippen molar-refractivity contribution in [2.24, 2.45) is 0 Å². The number of carboxylic acid groups (broad SMARTS) is 1. The van der Waals surface area contributed by atoms with E-state index in [2.05, 4.69) is 0 Å². The number of hydrogen-bond acceptors (Lipinski definition) is 3. The second-order valence-corrected chi connectivity index (χ2v) is 4.19. The fourth-order valence-corrected chi connectivity index (χ4v) is 1.98. The molecule has 1 aliphatic heterocycles. The summed E-state index contributed by atoms with van der Waals surface area (Å²) in [5.74, 6) is -1.89. The van der Waals surface area contributed by atoms with Crippen molar-refractivity contribution in [3.63, 3.8) is 0 Å². The number of benzene rings is 1. The Hall–Kier alpha value is -2.11. The molecule has 1 N–H and O–H groups in total. The van der Waals surface area contributed by atoms with Gasteiger partial charge >= 0.3 is 5.97 Å². The van der Waals surface area contributed by atoms with E-state index in [0.29, 0.717) is 0 Å². The van der Waals surface area contributed by atoms with Gasteiger partial charge < -0.3 is 14.9 Å². The standard InChI is InChI=1S/C12H13FN2O3/c1-14-10(12(17)18)6-15(7-11(14)16)9-5-3-2-4-8(9)13/h2-5,10H,6-7H2,1H3,(H,17,18). The van der Waals surface area contributed by atoms with Crippen molar-refractivity contribution in [1.29, 1.82) is 0 Å². The van der Waals surface area contributed by atoms with E-state index in [1.807, 2.05) is 0 Å². The number of anilines is 1. The molecule has 0 spiro atoms. The number of halogens is 1. The largest absolute Gasteiger partial charge is 0.480 e. The Labute approximate surface area is 103 Å². The first-order chi connectivity index (χ1) is 8.50. The van der Waals surface area contributed by atoms with Gasteiger partial charge in [-0.25, -0.2) is 9.18 Å². The highest BCUT2D eigenvalue weighted by molar-refractivity contribution is 5.89. The third-order valence-electron chi connectivity index (χ3n) is 3.06. The summed E-state index contributed by atoms with van der Waals surface area (Å²) in [4.78, 5) is 25.4. The second kappa shape index (κ2) is 4.64. The molecule has 0 saturated carbocycles. The SMILES string of the molecule is CN1C(=O)CN(c2ccccc2F)CC1C(=O)O. The fraction of sp³-hybridized carbons (Fsp3) is 0.333. The number of aliphatic carboxylic acids is 1. The number of likely N-dealkylation sites (N-methyl/N-ethyl adjacent to an activating group) is 1. The van der Waals surface area contributed by atoms with E-state index in [9.17, 15) is 14.0 Å². The highest BCUT2D eigenvalue weighted by Crippen LogP contribution is 2.22. The summed E-state index contributed by atoms with van der Waals surface area (Å²) in [6.07, 6.45) is 0. The van der Waals surface area contributed by atoms with Crippen molar-refractivity contribution in [3.8, 4) is 0 Å². The predicted octanol–water partition coefficient (Wildman–Crippen LogP) is 0.557. The minimum Gasteiger partial charge on any atom is -0.480 e. The van der Waals surface area contributed by atoms with Crippen LogP contribution in [0.3, 0.4) is 0 Å². The van der Waals surface area contributed by atoms with E-state index in [1.165, 1.54) is 29.0 Å². The second-order valence-electron chi connectivity index (χ2n) is 4.19. The zero-order valence-corrected chi connectivity index (χ0v) is 9.84. The van der Waals surface area contributed by atoms with Crippen LogP contribution in [-0.4, -0.2) is 48.1 Å². The summed E-state index contributed by atoms with van der Waals surface area (Å²) in [5.41, 5.74) is 0.255. The summed E-state index contributed by atoms with van der Waals surface area (Å²) in [7, 11) is 1.44. The van der Waals surface area contributed by atoms with E-state index in [1.54, 1.807) is 12.1 Å². The van der Waals surface area contributed by atoms with E-state index in [4.69, 9.17) is 5.11 Å². The van der Waals surface area contributed by atoms with Crippen LogP contribution in [-0.2, 0) is 9.59 Å². The molecule has 2 rings (SSSR count). The van der Waals surface area contributed by atoms with Gasteiger partial charge in [0.05, 0.1) is 12.2 Å². The first kappa shape index (κ1) is 12.3. The summed E-state index contributed by atoms with van der Waals surface area (Å²) < 4.78 is 13.6. The van der Waals surface area contributed by atoms with Gasteiger partial charge in [-0.2, -0.15) is 0 Å². The van der Waals surface area contributed by atoms with E-state index >= 15 is 0 Å². The topological polar surface area (TPSA) is 60.9 Å². The van der Waals surface area contributed by atoms with Crippen molar-refractivity contribution >= 4 is 17.6 Å². The van der Waals surface area contributed by atoms with Crippen LogP contribution in [0.25, 0.3) is 0 Å². The van der Waals surface area contributed by atoms with Crippen LogP contribution in [0.1, 0.15) is 0 Å².